The first-order valence-electron chi connectivity index (χ1n) is 6.82. The summed E-state index contributed by atoms with van der Waals surface area (Å²) in [5, 5.41) is 10.3. The van der Waals surface area contributed by atoms with E-state index < -0.39 is 5.60 Å². The van der Waals surface area contributed by atoms with Gasteiger partial charge in [0.15, 0.2) is 0 Å². The van der Waals surface area contributed by atoms with E-state index in [2.05, 4.69) is 0 Å². The zero-order chi connectivity index (χ0) is 14.8. The van der Waals surface area contributed by atoms with Crippen LogP contribution in [0, 0.1) is 0 Å². The molecule has 1 heterocycles. The Morgan fingerprint density at radius 3 is 2.75 bits per heavy atom. The lowest BCUT2D eigenvalue weighted by Crippen LogP contribution is -2.43. The highest BCUT2D eigenvalue weighted by molar-refractivity contribution is 5.75. The van der Waals surface area contributed by atoms with Crippen molar-refractivity contribution in [2.24, 2.45) is 0 Å². The predicted molar refractivity (Wildman–Crippen MR) is 76.2 cm³/mol. The van der Waals surface area contributed by atoms with Crippen LogP contribution in [-0.4, -0.2) is 39.7 Å². The second-order valence-corrected chi connectivity index (χ2v) is 5.61. The predicted octanol–water partition coefficient (Wildman–Crippen LogP) is 0.194. The van der Waals surface area contributed by atoms with Gasteiger partial charge >= 0.3 is 0 Å². The number of pyridine rings is 1. The van der Waals surface area contributed by atoms with Crippen LogP contribution in [0.2, 0.25) is 0 Å². The highest BCUT2D eigenvalue weighted by atomic mass is 16.3. The van der Waals surface area contributed by atoms with Crippen molar-refractivity contribution in [2.45, 2.75) is 37.8 Å². The average molecular weight is 279 g/mol. The lowest BCUT2D eigenvalue weighted by Gasteiger charge is -2.28. The summed E-state index contributed by atoms with van der Waals surface area (Å²) in [5.74, 6) is -0.210. The zero-order valence-electron chi connectivity index (χ0n) is 11.7. The zero-order valence-corrected chi connectivity index (χ0v) is 11.7. The van der Waals surface area contributed by atoms with Crippen molar-refractivity contribution in [3.05, 3.63) is 28.7 Å². The van der Waals surface area contributed by atoms with E-state index in [1.165, 1.54) is 27.8 Å². The van der Waals surface area contributed by atoms with Gasteiger partial charge in [-0.3, -0.25) is 9.59 Å². The van der Waals surface area contributed by atoms with Gasteiger partial charge in [0, 0.05) is 31.5 Å². The number of aromatic nitrogens is 1. The van der Waals surface area contributed by atoms with Crippen molar-refractivity contribution in [2.75, 3.05) is 19.3 Å². The average Bonchev–Trinajstić information content (AvgIpc) is 2.80. The molecule has 6 nitrogen and oxygen atoms in total. The molecule has 1 aliphatic rings. The molecule has 0 aliphatic heterocycles. The summed E-state index contributed by atoms with van der Waals surface area (Å²) in [6.45, 7) is 0.249. The molecular formula is C14H21N3O3. The third-order valence-electron chi connectivity index (χ3n) is 3.80. The second kappa shape index (κ2) is 5.66. The molecule has 1 aliphatic carbocycles. The van der Waals surface area contributed by atoms with Crippen molar-refractivity contribution in [1.29, 1.82) is 0 Å². The van der Waals surface area contributed by atoms with Crippen LogP contribution in [-0.2, 0) is 11.3 Å². The van der Waals surface area contributed by atoms with Crippen LogP contribution in [0.3, 0.4) is 0 Å². The number of hydrogen-bond acceptors (Lipinski definition) is 4. The SMILES string of the molecule is CN(CC1(O)CCCC1)C(=O)Cn1cc(N)ccc1=O. The van der Waals surface area contributed by atoms with Crippen molar-refractivity contribution >= 4 is 11.6 Å². The molecule has 2 rings (SSSR count). The number of nitrogens with two attached hydrogens (primary N) is 1. The Labute approximate surface area is 117 Å². The first kappa shape index (κ1) is 14.6. The monoisotopic (exact) mass is 279 g/mol. The molecule has 3 N–H and O–H groups in total. The third-order valence-corrected chi connectivity index (χ3v) is 3.80. The Bertz CT molecular complexity index is 547. The Morgan fingerprint density at radius 2 is 2.10 bits per heavy atom. The first-order chi connectivity index (χ1) is 9.39. The molecule has 0 unspecified atom stereocenters. The van der Waals surface area contributed by atoms with Crippen molar-refractivity contribution < 1.29 is 9.90 Å². The lowest BCUT2D eigenvalue weighted by atomic mass is 10.0. The summed E-state index contributed by atoms with van der Waals surface area (Å²) in [6.07, 6.45) is 4.89. The van der Waals surface area contributed by atoms with Crippen LogP contribution in [0.5, 0.6) is 0 Å². The highest BCUT2D eigenvalue weighted by Gasteiger charge is 2.33. The van der Waals surface area contributed by atoms with Gasteiger partial charge in [-0.1, -0.05) is 12.8 Å². The van der Waals surface area contributed by atoms with Gasteiger partial charge < -0.3 is 20.3 Å². The summed E-state index contributed by atoms with van der Waals surface area (Å²) in [7, 11) is 1.65. The second-order valence-electron chi connectivity index (χ2n) is 5.61. The molecule has 20 heavy (non-hydrogen) atoms. The fraction of sp³-hybridized carbons (Fsp3) is 0.571. The number of carbonyl (C=O) groups excluding carboxylic acids is 1. The Kier molecular flexibility index (Phi) is 4.13. The van der Waals surface area contributed by atoms with E-state index in [0.29, 0.717) is 12.2 Å². The number of nitrogens with zero attached hydrogens (tertiary/aromatic N) is 2. The van der Waals surface area contributed by atoms with E-state index in [1.807, 2.05) is 0 Å². The molecule has 0 saturated heterocycles. The minimum atomic E-state index is -0.773. The van der Waals surface area contributed by atoms with Gasteiger partial charge in [-0.25, -0.2) is 0 Å². The van der Waals surface area contributed by atoms with E-state index in [1.54, 1.807) is 7.05 Å². The number of carbonyl (C=O) groups is 1. The van der Waals surface area contributed by atoms with Crippen LogP contribution >= 0.6 is 0 Å². The highest BCUT2D eigenvalue weighted by Crippen LogP contribution is 2.29. The first-order valence-corrected chi connectivity index (χ1v) is 6.82. The number of nitrogen functional groups attached to an aromatic ring is 1. The molecule has 1 fully saturated rings. The van der Waals surface area contributed by atoms with Gasteiger partial charge in [0.1, 0.15) is 6.54 Å². The molecule has 1 aromatic rings. The molecular weight excluding hydrogens is 258 g/mol. The number of likely N-dealkylation sites (N-methyl/N-ethyl adjacent to an activating group) is 1. The molecule has 0 aromatic carbocycles. The standard InChI is InChI=1S/C14H21N3O3/c1-16(10-14(20)6-2-3-7-14)13(19)9-17-8-11(15)4-5-12(17)18/h4-5,8,20H,2-3,6-7,9-10,15H2,1H3. The lowest BCUT2D eigenvalue weighted by molar-refractivity contribution is -0.133. The molecule has 110 valence electrons. The van der Waals surface area contributed by atoms with Gasteiger partial charge in [-0.2, -0.15) is 0 Å². The molecule has 0 radical (unpaired) electrons. The van der Waals surface area contributed by atoms with Crippen molar-refractivity contribution in [1.82, 2.24) is 9.47 Å². The van der Waals surface area contributed by atoms with Gasteiger partial charge in [0.05, 0.1) is 5.60 Å². The number of hydrogen-bond donors (Lipinski definition) is 2. The molecule has 0 spiro atoms. The van der Waals surface area contributed by atoms with E-state index in [0.717, 1.165) is 25.7 Å². The third kappa shape index (κ3) is 3.39. The molecule has 0 atom stereocenters. The maximum Gasteiger partial charge on any atom is 0.251 e. The smallest absolute Gasteiger partial charge is 0.251 e. The number of amides is 1. The maximum atomic E-state index is 12.1. The largest absolute Gasteiger partial charge is 0.398 e. The van der Waals surface area contributed by atoms with Gasteiger partial charge in [0.25, 0.3) is 5.56 Å². The quantitative estimate of drug-likeness (QED) is 0.823. The van der Waals surface area contributed by atoms with Crippen molar-refractivity contribution in [3.8, 4) is 0 Å². The topological polar surface area (TPSA) is 88.6 Å². The van der Waals surface area contributed by atoms with E-state index in [4.69, 9.17) is 5.73 Å². The minimum absolute atomic E-state index is 0.0591. The Hall–Kier alpha value is -1.82. The van der Waals surface area contributed by atoms with Gasteiger partial charge in [-0.05, 0) is 18.9 Å². The van der Waals surface area contributed by atoms with Crippen LogP contribution in [0.4, 0.5) is 5.69 Å². The summed E-state index contributed by atoms with van der Waals surface area (Å²) in [5.41, 5.74) is 5.01. The molecule has 1 aromatic heterocycles. The van der Waals surface area contributed by atoms with Crippen LogP contribution in [0.1, 0.15) is 25.7 Å². The molecule has 0 bridgehead atoms. The number of anilines is 1. The fourth-order valence-electron chi connectivity index (χ4n) is 2.66. The maximum absolute atomic E-state index is 12.1. The number of rotatable bonds is 4. The molecule has 1 amide bonds. The van der Waals surface area contributed by atoms with Gasteiger partial charge in [0.2, 0.25) is 5.91 Å². The summed E-state index contributed by atoms with van der Waals surface area (Å²) >= 11 is 0. The summed E-state index contributed by atoms with van der Waals surface area (Å²) in [4.78, 5) is 25.2. The Balaban J connectivity index is 2.00. The minimum Gasteiger partial charge on any atom is -0.398 e. The molecule has 6 heteroatoms. The summed E-state index contributed by atoms with van der Waals surface area (Å²) in [6, 6.07) is 2.85. The van der Waals surface area contributed by atoms with E-state index >= 15 is 0 Å². The van der Waals surface area contributed by atoms with Crippen LogP contribution < -0.4 is 11.3 Å². The van der Waals surface area contributed by atoms with Crippen LogP contribution in [0.15, 0.2) is 23.1 Å². The van der Waals surface area contributed by atoms with E-state index in [-0.39, 0.29) is 18.0 Å². The summed E-state index contributed by atoms with van der Waals surface area (Å²) < 4.78 is 1.28. The Morgan fingerprint density at radius 1 is 1.45 bits per heavy atom. The normalized spacial score (nSPS) is 17.1. The van der Waals surface area contributed by atoms with Crippen LogP contribution in [0.25, 0.3) is 0 Å². The van der Waals surface area contributed by atoms with Gasteiger partial charge in [-0.15, -0.1) is 0 Å². The number of aliphatic hydroxyl groups is 1. The fourth-order valence-corrected chi connectivity index (χ4v) is 2.66. The van der Waals surface area contributed by atoms with E-state index in [9.17, 15) is 14.7 Å². The molecule has 1 saturated carbocycles. The van der Waals surface area contributed by atoms with Crippen molar-refractivity contribution in [3.63, 3.8) is 0 Å².